The van der Waals surface area contributed by atoms with Crippen LogP contribution in [0, 0.1) is 0 Å². The van der Waals surface area contributed by atoms with Gasteiger partial charge in [0, 0.05) is 52.1 Å². The summed E-state index contributed by atoms with van der Waals surface area (Å²) in [5.41, 5.74) is 2.40. The molecule has 0 aromatic heterocycles. The number of rotatable bonds is 8. The Morgan fingerprint density at radius 3 is 1.80 bits per heavy atom. The van der Waals surface area contributed by atoms with Crippen molar-refractivity contribution >= 4 is 32.4 Å². The van der Waals surface area contributed by atoms with E-state index in [4.69, 9.17) is 9.47 Å². The number of halogens is 3. The van der Waals surface area contributed by atoms with Gasteiger partial charge in [0.05, 0.1) is 17.5 Å². The van der Waals surface area contributed by atoms with Crippen molar-refractivity contribution in [3.05, 3.63) is 72.8 Å². The van der Waals surface area contributed by atoms with Gasteiger partial charge < -0.3 is 23.8 Å². The fraction of sp³-hybridized carbons (Fsp3) is 0.357. The van der Waals surface area contributed by atoms with Gasteiger partial charge in [0.1, 0.15) is 21.6 Å². The van der Waals surface area contributed by atoms with Crippen molar-refractivity contribution in [2.75, 3.05) is 50.4 Å². The summed E-state index contributed by atoms with van der Waals surface area (Å²) in [5, 5.41) is 0. The van der Waals surface area contributed by atoms with E-state index in [2.05, 4.69) is 105 Å². The zero-order chi connectivity index (χ0) is 29.5. The molecule has 0 N–H and O–H groups in total. The molecule has 12 heteroatoms. The molecule has 1 aliphatic rings. The second-order valence-electron chi connectivity index (χ2n) is 9.44. The number of benzene rings is 3. The number of ether oxygens (including phenoxy) is 2. The summed E-state index contributed by atoms with van der Waals surface area (Å²) in [5.74, 6) is -1.42. The first-order chi connectivity index (χ1) is 18.7. The van der Waals surface area contributed by atoms with E-state index in [9.17, 15) is 26.1 Å². The summed E-state index contributed by atoms with van der Waals surface area (Å²) in [6.07, 6.45) is -3.03. The van der Waals surface area contributed by atoms with Crippen LogP contribution in [0.3, 0.4) is 0 Å². The molecule has 3 aromatic rings. The lowest BCUT2D eigenvalue weighted by molar-refractivity contribution is -0.107. The van der Waals surface area contributed by atoms with Crippen molar-refractivity contribution in [3.63, 3.8) is 0 Å². The molecule has 0 amide bonds. The smallest absolute Gasteiger partial charge is 0.401 e. The van der Waals surface area contributed by atoms with E-state index >= 15 is 0 Å². The number of alkyl halides is 3. The highest BCUT2D eigenvalue weighted by Gasteiger charge is 2.31. The molecule has 40 heavy (non-hydrogen) atoms. The zero-order valence-electron chi connectivity index (χ0n) is 22.7. The maximum atomic E-state index is 11.0. The van der Waals surface area contributed by atoms with Crippen molar-refractivity contribution in [1.29, 1.82) is 0 Å². The van der Waals surface area contributed by atoms with Crippen molar-refractivity contribution in [2.24, 2.45) is 0 Å². The molecule has 4 rings (SSSR count). The lowest BCUT2D eigenvalue weighted by Crippen LogP contribution is -2.21. The largest absolute Gasteiger partial charge is 0.748 e. The van der Waals surface area contributed by atoms with Gasteiger partial charge in [-0.2, -0.15) is 13.2 Å². The highest BCUT2D eigenvalue weighted by Crippen LogP contribution is 2.35. The van der Waals surface area contributed by atoms with Crippen molar-refractivity contribution in [3.8, 4) is 5.75 Å². The van der Waals surface area contributed by atoms with E-state index in [1.54, 1.807) is 0 Å². The minimum atomic E-state index is -5.16. The molecule has 218 valence electrons. The highest BCUT2D eigenvalue weighted by molar-refractivity contribution is 7.97. The van der Waals surface area contributed by atoms with Gasteiger partial charge in [-0.25, -0.2) is 8.42 Å². The van der Waals surface area contributed by atoms with Crippen LogP contribution in [0.25, 0.3) is 0 Å². The molecule has 0 radical (unpaired) electrons. The third kappa shape index (κ3) is 9.92. The molecular weight excluding hydrogens is 565 g/mol. The van der Waals surface area contributed by atoms with Gasteiger partial charge in [-0.15, -0.1) is 0 Å². The SMILES string of the molecule is CN(C)c1ccc([S+](c2ccc(N(C)C)cc2)c2cccc(OC3CCCO3)c2)cc1.O=S(=O)([O-])CC(F)(F)F. The maximum Gasteiger partial charge on any atom is 0.401 e. The molecule has 3 aromatic carbocycles. The summed E-state index contributed by atoms with van der Waals surface area (Å²) >= 11 is 0. The summed E-state index contributed by atoms with van der Waals surface area (Å²) in [7, 11) is 2.89. The Labute approximate surface area is 236 Å². The normalized spacial score (nSPS) is 15.4. The van der Waals surface area contributed by atoms with Gasteiger partial charge in [-0.3, -0.25) is 0 Å². The molecule has 0 spiro atoms. The van der Waals surface area contributed by atoms with Crippen LogP contribution in [0.1, 0.15) is 12.8 Å². The first kappa shape index (κ1) is 31.6. The minimum Gasteiger partial charge on any atom is -0.748 e. The van der Waals surface area contributed by atoms with Gasteiger partial charge in [-0.1, -0.05) is 6.07 Å². The van der Waals surface area contributed by atoms with Gasteiger partial charge in [0.25, 0.3) is 0 Å². The van der Waals surface area contributed by atoms with Crippen LogP contribution in [-0.4, -0.2) is 66.0 Å². The quantitative estimate of drug-likeness (QED) is 0.249. The second kappa shape index (κ2) is 13.6. The number of nitrogens with zero attached hydrogens (tertiary/aromatic N) is 2. The number of hydrogen-bond acceptors (Lipinski definition) is 7. The van der Waals surface area contributed by atoms with Crippen molar-refractivity contribution in [1.82, 2.24) is 0 Å². The molecule has 0 aliphatic carbocycles. The lowest BCUT2D eigenvalue weighted by atomic mass is 10.3. The Morgan fingerprint density at radius 2 is 1.43 bits per heavy atom. The summed E-state index contributed by atoms with van der Waals surface area (Å²) < 4.78 is 72.8. The Balaban J connectivity index is 0.000000424. The van der Waals surface area contributed by atoms with E-state index < -0.39 is 22.0 Å². The molecular formula is C28H33F3N2O5S2. The molecule has 0 bridgehead atoms. The molecule has 1 aliphatic heterocycles. The van der Waals surface area contributed by atoms with E-state index in [1.807, 2.05) is 6.07 Å². The second-order valence-corrected chi connectivity index (χ2v) is 12.9. The summed E-state index contributed by atoms with van der Waals surface area (Å²) in [6, 6.07) is 26.2. The minimum absolute atomic E-state index is 0.129. The van der Waals surface area contributed by atoms with Crippen LogP contribution >= 0.6 is 0 Å². The van der Waals surface area contributed by atoms with E-state index in [1.165, 1.54) is 26.1 Å². The fourth-order valence-electron chi connectivity index (χ4n) is 3.84. The number of anilines is 2. The van der Waals surface area contributed by atoms with E-state index in [-0.39, 0.29) is 17.2 Å². The van der Waals surface area contributed by atoms with Gasteiger partial charge in [0.15, 0.2) is 21.0 Å². The van der Waals surface area contributed by atoms with E-state index in [0.717, 1.165) is 25.2 Å². The predicted octanol–water partition coefficient (Wildman–Crippen LogP) is 5.52. The Bertz CT molecular complexity index is 1280. The molecule has 1 saturated heterocycles. The Kier molecular flexibility index (Phi) is 10.8. The van der Waals surface area contributed by atoms with Crippen molar-refractivity contribution < 1.29 is 35.6 Å². The highest BCUT2D eigenvalue weighted by atomic mass is 32.2. The molecule has 0 saturated carbocycles. The third-order valence-corrected chi connectivity index (χ3v) is 8.61. The maximum absolute atomic E-state index is 11.0. The average Bonchev–Trinajstić information content (AvgIpc) is 3.36. The first-order valence-corrected chi connectivity index (χ1v) is 15.2. The predicted molar refractivity (Wildman–Crippen MR) is 150 cm³/mol. The van der Waals surface area contributed by atoms with Gasteiger partial charge >= 0.3 is 6.18 Å². The molecule has 1 atom stereocenters. The van der Waals surface area contributed by atoms with Crippen LogP contribution < -0.4 is 14.5 Å². The third-order valence-electron chi connectivity index (χ3n) is 5.71. The Hall–Kier alpha value is -2.93. The molecule has 1 heterocycles. The van der Waals surface area contributed by atoms with Crippen LogP contribution in [0.15, 0.2) is 87.5 Å². The summed E-state index contributed by atoms with van der Waals surface area (Å²) in [6.45, 7) is 0.783. The molecule has 1 fully saturated rings. The van der Waals surface area contributed by atoms with Gasteiger partial charge in [-0.05, 0) is 67.1 Å². The van der Waals surface area contributed by atoms with Crippen LogP contribution in [-0.2, 0) is 25.7 Å². The summed E-state index contributed by atoms with van der Waals surface area (Å²) in [4.78, 5) is 8.08. The van der Waals surface area contributed by atoms with E-state index in [0.29, 0.717) is 0 Å². The molecule has 7 nitrogen and oxygen atoms in total. The number of hydrogen-bond donors (Lipinski definition) is 0. The lowest BCUT2D eigenvalue weighted by Gasteiger charge is -2.16. The van der Waals surface area contributed by atoms with Crippen LogP contribution in [0.2, 0.25) is 0 Å². The molecule has 1 unspecified atom stereocenters. The monoisotopic (exact) mass is 598 g/mol. The van der Waals surface area contributed by atoms with Crippen LogP contribution in [0.4, 0.5) is 24.5 Å². The average molecular weight is 599 g/mol. The zero-order valence-corrected chi connectivity index (χ0v) is 24.4. The van der Waals surface area contributed by atoms with Crippen LogP contribution in [0.5, 0.6) is 5.75 Å². The fourth-order valence-corrected chi connectivity index (χ4v) is 6.32. The Morgan fingerprint density at radius 1 is 0.900 bits per heavy atom. The van der Waals surface area contributed by atoms with Gasteiger partial charge in [0.2, 0.25) is 0 Å². The standard InChI is InChI=1S/C26H31N2O2S.C2H3F3O3S/c1-27(2)20-10-14-23(15-11-20)31(24-16-12-21(13-17-24)28(3)4)25-8-5-7-22(19-25)30-26-9-6-18-29-26;3-2(4,5)1-9(6,7)8/h5,7-8,10-17,19,26H,6,9,18H2,1-4H3;1H2,(H,6,7,8)/q+1;/p-1. The van der Waals surface area contributed by atoms with Crippen molar-refractivity contribution in [2.45, 2.75) is 40.0 Å². The first-order valence-electron chi connectivity index (χ1n) is 12.4. The topological polar surface area (TPSA) is 82.1 Å².